The molecule has 2 unspecified atom stereocenters. The van der Waals surface area contributed by atoms with E-state index in [1.54, 1.807) is 0 Å². The summed E-state index contributed by atoms with van der Waals surface area (Å²) >= 11 is 0. The van der Waals surface area contributed by atoms with Gasteiger partial charge in [0.05, 0.1) is 0 Å². The standard InChI is InChI=1S/C18H24N2O/c1-2-13-11-20(10-9-17(13)19)12-16-15-6-4-3-5-14(15)7-8-18(16)21/h3-8,13,17,21H,2,9-12,19H2,1H3. The number of nitrogens with zero attached hydrogens (tertiary/aromatic N) is 1. The van der Waals surface area contributed by atoms with Crippen LogP contribution in [0.3, 0.4) is 0 Å². The summed E-state index contributed by atoms with van der Waals surface area (Å²) in [6, 6.07) is 12.4. The first kappa shape index (κ1) is 14.4. The van der Waals surface area contributed by atoms with Gasteiger partial charge in [0.1, 0.15) is 5.75 Å². The molecule has 0 saturated carbocycles. The molecule has 1 aliphatic heterocycles. The fourth-order valence-electron chi connectivity index (χ4n) is 3.42. The van der Waals surface area contributed by atoms with Crippen molar-refractivity contribution in [2.75, 3.05) is 13.1 Å². The highest BCUT2D eigenvalue weighted by Crippen LogP contribution is 2.30. The zero-order valence-electron chi connectivity index (χ0n) is 12.6. The van der Waals surface area contributed by atoms with E-state index in [-0.39, 0.29) is 0 Å². The van der Waals surface area contributed by atoms with Crippen LogP contribution < -0.4 is 5.73 Å². The maximum atomic E-state index is 10.3. The number of fused-ring (bicyclic) bond motifs is 1. The third-order valence-electron chi connectivity index (χ3n) is 4.80. The van der Waals surface area contributed by atoms with Gasteiger partial charge in [-0.05, 0) is 35.7 Å². The van der Waals surface area contributed by atoms with Gasteiger partial charge < -0.3 is 10.8 Å². The monoisotopic (exact) mass is 284 g/mol. The molecule has 0 radical (unpaired) electrons. The Labute approximate surface area is 126 Å². The van der Waals surface area contributed by atoms with E-state index in [4.69, 9.17) is 5.73 Å². The number of hydrogen-bond donors (Lipinski definition) is 2. The average Bonchev–Trinajstić information content (AvgIpc) is 2.52. The van der Waals surface area contributed by atoms with Gasteiger partial charge in [-0.3, -0.25) is 4.90 Å². The highest BCUT2D eigenvalue weighted by atomic mass is 16.3. The summed E-state index contributed by atoms with van der Waals surface area (Å²) in [4.78, 5) is 2.43. The van der Waals surface area contributed by atoms with Crippen molar-refractivity contribution in [3.63, 3.8) is 0 Å². The minimum Gasteiger partial charge on any atom is -0.508 e. The van der Waals surface area contributed by atoms with Crippen LogP contribution in [-0.2, 0) is 6.54 Å². The highest BCUT2D eigenvalue weighted by molar-refractivity contribution is 5.87. The second-order valence-electron chi connectivity index (χ2n) is 6.14. The van der Waals surface area contributed by atoms with E-state index in [1.807, 2.05) is 24.3 Å². The molecule has 1 saturated heterocycles. The van der Waals surface area contributed by atoms with Gasteiger partial charge in [-0.15, -0.1) is 0 Å². The van der Waals surface area contributed by atoms with Crippen molar-refractivity contribution in [1.82, 2.24) is 4.90 Å². The lowest BCUT2D eigenvalue weighted by molar-refractivity contribution is 0.145. The number of phenolic OH excluding ortho intramolecular Hbond substituents is 1. The number of likely N-dealkylation sites (tertiary alicyclic amines) is 1. The molecule has 1 aliphatic rings. The van der Waals surface area contributed by atoms with E-state index in [0.717, 1.165) is 43.4 Å². The Bertz CT molecular complexity index is 626. The second kappa shape index (κ2) is 6.04. The Morgan fingerprint density at radius 1 is 1.24 bits per heavy atom. The molecule has 0 spiro atoms. The van der Waals surface area contributed by atoms with Gasteiger partial charge >= 0.3 is 0 Å². The van der Waals surface area contributed by atoms with Crippen LogP contribution in [0, 0.1) is 5.92 Å². The van der Waals surface area contributed by atoms with E-state index in [0.29, 0.717) is 17.7 Å². The van der Waals surface area contributed by atoms with Crippen LogP contribution in [0.5, 0.6) is 5.75 Å². The molecular formula is C18H24N2O. The first-order valence-corrected chi connectivity index (χ1v) is 7.86. The molecule has 0 aromatic heterocycles. The Hall–Kier alpha value is -1.58. The SMILES string of the molecule is CCC1CN(Cc2c(O)ccc3ccccc23)CCC1N. The minimum atomic E-state index is 0.326. The van der Waals surface area contributed by atoms with Gasteiger partial charge in [-0.1, -0.05) is 43.7 Å². The van der Waals surface area contributed by atoms with Gasteiger partial charge in [0.15, 0.2) is 0 Å². The molecule has 112 valence electrons. The summed E-state index contributed by atoms with van der Waals surface area (Å²) in [6.45, 7) is 5.06. The van der Waals surface area contributed by atoms with E-state index >= 15 is 0 Å². The van der Waals surface area contributed by atoms with E-state index < -0.39 is 0 Å². The summed E-state index contributed by atoms with van der Waals surface area (Å²) in [5.74, 6) is 0.965. The van der Waals surface area contributed by atoms with Crippen molar-refractivity contribution in [2.45, 2.75) is 32.4 Å². The largest absolute Gasteiger partial charge is 0.508 e. The Balaban J connectivity index is 1.86. The first-order valence-electron chi connectivity index (χ1n) is 7.86. The highest BCUT2D eigenvalue weighted by Gasteiger charge is 2.25. The van der Waals surface area contributed by atoms with Gasteiger partial charge in [0, 0.05) is 24.7 Å². The molecule has 21 heavy (non-hydrogen) atoms. The van der Waals surface area contributed by atoms with Crippen molar-refractivity contribution in [3.8, 4) is 5.75 Å². The van der Waals surface area contributed by atoms with Crippen LogP contribution in [0.4, 0.5) is 0 Å². The fraction of sp³-hybridized carbons (Fsp3) is 0.444. The summed E-state index contributed by atoms with van der Waals surface area (Å²) in [5.41, 5.74) is 7.23. The number of nitrogens with two attached hydrogens (primary N) is 1. The number of piperidine rings is 1. The number of hydrogen-bond acceptors (Lipinski definition) is 3. The summed E-state index contributed by atoms with van der Waals surface area (Å²) in [5, 5.41) is 12.6. The van der Waals surface area contributed by atoms with Crippen LogP contribution >= 0.6 is 0 Å². The number of phenols is 1. The van der Waals surface area contributed by atoms with Crippen LogP contribution in [0.25, 0.3) is 10.8 Å². The van der Waals surface area contributed by atoms with Gasteiger partial charge in [-0.25, -0.2) is 0 Å². The quantitative estimate of drug-likeness (QED) is 0.910. The first-order chi connectivity index (χ1) is 10.2. The van der Waals surface area contributed by atoms with Crippen molar-refractivity contribution < 1.29 is 5.11 Å². The number of aromatic hydroxyl groups is 1. The van der Waals surface area contributed by atoms with Crippen molar-refractivity contribution in [1.29, 1.82) is 0 Å². The minimum absolute atomic E-state index is 0.326. The number of rotatable bonds is 3. The molecule has 2 aromatic rings. The lowest BCUT2D eigenvalue weighted by atomic mass is 9.90. The molecule has 3 nitrogen and oxygen atoms in total. The molecule has 1 fully saturated rings. The zero-order chi connectivity index (χ0) is 14.8. The van der Waals surface area contributed by atoms with Crippen LogP contribution in [-0.4, -0.2) is 29.1 Å². The molecule has 1 heterocycles. The molecule has 0 amide bonds. The third-order valence-corrected chi connectivity index (χ3v) is 4.80. The molecule has 3 heteroatoms. The topological polar surface area (TPSA) is 49.5 Å². The Kier molecular flexibility index (Phi) is 4.13. The second-order valence-corrected chi connectivity index (χ2v) is 6.14. The molecule has 3 N–H and O–H groups in total. The van der Waals surface area contributed by atoms with Crippen molar-refractivity contribution in [3.05, 3.63) is 42.0 Å². The number of benzene rings is 2. The average molecular weight is 284 g/mol. The smallest absolute Gasteiger partial charge is 0.120 e. The third kappa shape index (κ3) is 2.89. The van der Waals surface area contributed by atoms with Gasteiger partial charge in [0.25, 0.3) is 0 Å². The zero-order valence-corrected chi connectivity index (χ0v) is 12.6. The predicted molar refractivity (Wildman–Crippen MR) is 87.3 cm³/mol. The van der Waals surface area contributed by atoms with Crippen molar-refractivity contribution in [2.24, 2.45) is 11.7 Å². The lowest BCUT2D eigenvalue weighted by Gasteiger charge is -2.36. The molecule has 0 aliphatic carbocycles. The predicted octanol–water partition coefficient (Wildman–Crippen LogP) is 3.10. The van der Waals surface area contributed by atoms with E-state index in [1.165, 1.54) is 5.39 Å². The summed E-state index contributed by atoms with van der Waals surface area (Å²) in [7, 11) is 0. The van der Waals surface area contributed by atoms with E-state index in [9.17, 15) is 5.11 Å². The molecule has 2 aromatic carbocycles. The molecule has 0 bridgehead atoms. The van der Waals surface area contributed by atoms with Gasteiger partial charge in [-0.2, -0.15) is 0 Å². The fourth-order valence-corrected chi connectivity index (χ4v) is 3.42. The summed E-state index contributed by atoms with van der Waals surface area (Å²) in [6.07, 6.45) is 2.17. The maximum absolute atomic E-state index is 10.3. The summed E-state index contributed by atoms with van der Waals surface area (Å²) < 4.78 is 0. The van der Waals surface area contributed by atoms with E-state index in [2.05, 4.69) is 24.0 Å². The molecular weight excluding hydrogens is 260 g/mol. The van der Waals surface area contributed by atoms with Gasteiger partial charge in [0.2, 0.25) is 0 Å². The molecule has 2 atom stereocenters. The Morgan fingerprint density at radius 2 is 2.05 bits per heavy atom. The normalized spacial score (nSPS) is 23.5. The lowest BCUT2D eigenvalue weighted by Crippen LogP contribution is -2.46. The van der Waals surface area contributed by atoms with Crippen LogP contribution in [0.15, 0.2) is 36.4 Å². The van der Waals surface area contributed by atoms with Crippen LogP contribution in [0.1, 0.15) is 25.3 Å². The van der Waals surface area contributed by atoms with Crippen molar-refractivity contribution >= 4 is 10.8 Å². The van der Waals surface area contributed by atoms with Crippen LogP contribution in [0.2, 0.25) is 0 Å². The Morgan fingerprint density at radius 3 is 2.86 bits per heavy atom. The molecule has 3 rings (SSSR count). The maximum Gasteiger partial charge on any atom is 0.120 e.